The average Bonchev–Trinajstić information content (AvgIpc) is 3.37. The third-order valence-electron chi connectivity index (χ3n) is 6.17. The van der Waals surface area contributed by atoms with Crippen LogP contribution in [0.25, 0.3) is 0 Å². The van der Waals surface area contributed by atoms with Gasteiger partial charge in [-0.15, -0.1) is 11.3 Å². The molecule has 1 aromatic carbocycles. The first-order chi connectivity index (χ1) is 14.1. The Morgan fingerprint density at radius 2 is 2.03 bits per heavy atom. The molecule has 0 spiro atoms. The molecule has 29 heavy (non-hydrogen) atoms. The van der Waals surface area contributed by atoms with Gasteiger partial charge >= 0.3 is 0 Å². The van der Waals surface area contributed by atoms with Crippen molar-refractivity contribution in [3.05, 3.63) is 45.6 Å². The standard InChI is InChI=1S/C22H24N2O4S/c1-14-2-6-20(29-14)22(26)23-9-8-17-16(12-23)4-7-21(25)24(17)11-15-3-5-18-19(10-15)28-13-27-18/h2-3,5-6,10,16-17H,4,7-9,11-13H2,1H3/t16-,17+/m0/s1. The third-order valence-corrected chi connectivity index (χ3v) is 7.16. The van der Waals surface area contributed by atoms with Crippen LogP contribution in [-0.2, 0) is 11.3 Å². The lowest BCUT2D eigenvalue weighted by atomic mass is 9.83. The molecule has 0 N–H and O–H groups in total. The fourth-order valence-electron chi connectivity index (χ4n) is 4.68. The number of benzene rings is 1. The number of aryl methyl sites for hydroxylation is 1. The number of fused-ring (bicyclic) bond motifs is 2. The van der Waals surface area contributed by atoms with Crippen molar-refractivity contribution < 1.29 is 19.1 Å². The minimum atomic E-state index is 0.126. The van der Waals surface area contributed by atoms with Crippen LogP contribution in [-0.4, -0.2) is 47.5 Å². The SMILES string of the molecule is Cc1ccc(C(=O)N2CC[C@@H]3[C@@H](CCC(=O)N3Cc3ccc4c(c3)OCO4)C2)s1. The van der Waals surface area contributed by atoms with Gasteiger partial charge < -0.3 is 19.3 Å². The number of ether oxygens (including phenoxy) is 2. The van der Waals surface area contributed by atoms with Crippen molar-refractivity contribution in [2.75, 3.05) is 19.9 Å². The molecule has 0 radical (unpaired) electrons. The highest BCUT2D eigenvalue weighted by molar-refractivity contribution is 7.13. The number of amides is 2. The van der Waals surface area contributed by atoms with E-state index in [2.05, 4.69) is 0 Å². The average molecular weight is 413 g/mol. The molecule has 1 aromatic heterocycles. The van der Waals surface area contributed by atoms with Crippen LogP contribution in [0.5, 0.6) is 11.5 Å². The number of rotatable bonds is 3. The van der Waals surface area contributed by atoms with Crippen molar-refractivity contribution in [1.29, 1.82) is 0 Å². The second-order valence-electron chi connectivity index (χ2n) is 8.03. The van der Waals surface area contributed by atoms with Crippen LogP contribution in [0.2, 0.25) is 0 Å². The number of nitrogens with zero attached hydrogens (tertiary/aromatic N) is 2. The monoisotopic (exact) mass is 412 g/mol. The summed E-state index contributed by atoms with van der Waals surface area (Å²) in [6.07, 6.45) is 2.23. The number of piperidine rings is 2. The molecule has 2 amide bonds. The summed E-state index contributed by atoms with van der Waals surface area (Å²) in [5.74, 6) is 2.17. The topological polar surface area (TPSA) is 59.1 Å². The zero-order valence-electron chi connectivity index (χ0n) is 16.4. The van der Waals surface area contributed by atoms with Gasteiger partial charge in [0.05, 0.1) is 4.88 Å². The van der Waals surface area contributed by atoms with Gasteiger partial charge in [-0.2, -0.15) is 0 Å². The number of likely N-dealkylation sites (tertiary alicyclic amines) is 2. The Morgan fingerprint density at radius 3 is 2.86 bits per heavy atom. The van der Waals surface area contributed by atoms with Crippen molar-refractivity contribution in [3.63, 3.8) is 0 Å². The molecular formula is C22H24N2O4S. The van der Waals surface area contributed by atoms with E-state index >= 15 is 0 Å². The predicted molar refractivity (Wildman–Crippen MR) is 109 cm³/mol. The lowest BCUT2D eigenvalue weighted by Gasteiger charge is -2.47. The molecule has 4 heterocycles. The van der Waals surface area contributed by atoms with E-state index in [9.17, 15) is 9.59 Å². The molecule has 0 unspecified atom stereocenters. The Bertz CT molecular complexity index is 956. The maximum atomic E-state index is 12.9. The Balaban J connectivity index is 1.30. The summed E-state index contributed by atoms with van der Waals surface area (Å²) in [5.41, 5.74) is 1.05. The second-order valence-corrected chi connectivity index (χ2v) is 9.31. The maximum Gasteiger partial charge on any atom is 0.263 e. The molecule has 0 aliphatic carbocycles. The van der Waals surface area contributed by atoms with Gasteiger partial charge in [0.1, 0.15) is 0 Å². The van der Waals surface area contributed by atoms with Crippen molar-refractivity contribution in [2.45, 2.75) is 38.8 Å². The van der Waals surface area contributed by atoms with E-state index in [0.29, 0.717) is 25.4 Å². The zero-order chi connectivity index (χ0) is 20.0. The number of hydrogen-bond donors (Lipinski definition) is 0. The van der Waals surface area contributed by atoms with Crippen molar-refractivity contribution in [2.24, 2.45) is 5.92 Å². The molecule has 0 saturated carbocycles. The Kier molecular flexibility index (Phi) is 4.70. The van der Waals surface area contributed by atoms with Crippen LogP contribution in [0.15, 0.2) is 30.3 Å². The Labute approximate surface area is 174 Å². The van der Waals surface area contributed by atoms with Gasteiger partial charge in [0.2, 0.25) is 12.7 Å². The Morgan fingerprint density at radius 1 is 1.17 bits per heavy atom. The molecule has 3 aliphatic rings. The second kappa shape index (κ2) is 7.37. The molecule has 5 rings (SSSR count). The summed E-state index contributed by atoms with van der Waals surface area (Å²) in [6.45, 7) is 4.27. The van der Waals surface area contributed by atoms with Gasteiger partial charge in [-0.3, -0.25) is 9.59 Å². The van der Waals surface area contributed by atoms with Gasteiger partial charge in [0.25, 0.3) is 5.91 Å². The Hall–Kier alpha value is -2.54. The first-order valence-corrected chi connectivity index (χ1v) is 10.9. The fourth-order valence-corrected chi connectivity index (χ4v) is 5.52. The predicted octanol–water partition coefficient (Wildman–Crippen LogP) is 3.44. The summed E-state index contributed by atoms with van der Waals surface area (Å²) >= 11 is 1.55. The van der Waals surface area contributed by atoms with Crippen molar-refractivity contribution in [1.82, 2.24) is 9.80 Å². The van der Waals surface area contributed by atoms with Crippen LogP contribution < -0.4 is 9.47 Å². The summed E-state index contributed by atoms with van der Waals surface area (Å²) in [4.78, 5) is 31.5. The minimum absolute atomic E-state index is 0.126. The molecule has 2 atom stereocenters. The van der Waals surface area contributed by atoms with Gasteiger partial charge in [-0.25, -0.2) is 0 Å². The van der Waals surface area contributed by atoms with Crippen LogP contribution in [0.3, 0.4) is 0 Å². The number of hydrogen-bond acceptors (Lipinski definition) is 5. The molecule has 2 saturated heterocycles. The van der Waals surface area contributed by atoms with E-state index in [0.717, 1.165) is 46.2 Å². The van der Waals surface area contributed by atoms with Gasteiger partial charge in [-0.1, -0.05) is 6.07 Å². The van der Waals surface area contributed by atoms with E-state index in [1.165, 1.54) is 0 Å². The number of carbonyl (C=O) groups is 2. The van der Waals surface area contributed by atoms with E-state index in [-0.39, 0.29) is 24.6 Å². The molecule has 7 heteroatoms. The van der Waals surface area contributed by atoms with E-state index in [4.69, 9.17) is 9.47 Å². The summed E-state index contributed by atoms with van der Waals surface area (Å²) < 4.78 is 10.9. The van der Waals surface area contributed by atoms with Crippen LogP contribution in [0, 0.1) is 12.8 Å². The van der Waals surface area contributed by atoms with Gasteiger partial charge in [-0.05, 0) is 55.5 Å². The zero-order valence-corrected chi connectivity index (χ0v) is 17.2. The quantitative estimate of drug-likeness (QED) is 0.775. The molecular weight excluding hydrogens is 388 g/mol. The number of carbonyl (C=O) groups excluding carboxylic acids is 2. The van der Waals surface area contributed by atoms with Crippen LogP contribution >= 0.6 is 11.3 Å². The van der Waals surface area contributed by atoms with Gasteiger partial charge in [0, 0.05) is 37.0 Å². The molecule has 6 nitrogen and oxygen atoms in total. The smallest absolute Gasteiger partial charge is 0.263 e. The normalized spacial score (nSPS) is 23.3. The molecule has 3 aliphatic heterocycles. The fraction of sp³-hybridized carbons (Fsp3) is 0.455. The molecule has 0 bridgehead atoms. The van der Waals surface area contributed by atoms with E-state index in [1.54, 1.807) is 11.3 Å². The lowest BCUT2D eigenvalue weighted by molar-refractivity contribution is -0.141. The number of thiophene rings is 1. The minimum Gasteiger partial charge on any atom is -0.454 e. The summed E-state index contributed by atoms with van der Waals surface area (Å²) in [6, 6.07) is 9.99. The van der Waals surface area contributed by atoms with Crippen molar-refractivity contribution in [3.8, 4) is 11.5 Å². The summed E-state index contributed by atoms with van der Waals surface area (Å²) in [7, 11) is 0. The van der Waals surface area contributed by atoms with Gasteiger partial charge in [0.15, 0.2) is 11.5 Å². The van der Waals surface area contributed by atoms with E-state index < -0.39 is 0 Å². The van der Waals surface area contributed by atoms with E-state index in [1.807, 2.05) is 47.1 Å². The maximum absolute atomic E-state index is 12.9. The first kappa shape index (κ1) is 18.5. The van der Waals surface area contributed by atoms with Crippen LogP contribution in [0.4, 0.5) is 0 Å². The molecule has 2 fully saturated rings. The summed E-state index contributed by atoms with van der Waals surface area (Å²) in [5, 5.41) is 0. The highest BCUT2D eigenvalue weighted by Gasteiger charge is 2.40. The lowest BCUT2D eigenvalue weighted by Crippen LogP contribution is -2.56. The van der Waals surface area contributed by atoms with Crippen LogP contribution in [0.1, 0.15) is 39.4 Å². The highest BCUT2D eigenvalue weighted by Crippen LogP contribution is 2.36. The molecule has 2 aromatic rings. The van der Waals surface area contributed by atoms with Crippen molar-refractivity contribution >= 4 is 23.2 Å². The molecule has 152 valence electrons. The highest BCUT2D eigenvalue weighted by atomic mass is 32.1. The third kappa shape index (κ3) is 3.48. The largest absolute Gasteiger partial charge is 0.454 e. The first-order valence-electron chi connectivity index (χ1n) is 10.1.